The first-order chi connectivity index (χ1) is 6.36. The highest BCUT2D eigenvalue weighted by Crippen LogP contribution is 2.19. The molecule has 2 rings (SSSR count). The van der Waals surface area contributed by atoms with Crippen LogP contribution in [-0.2, 0) is 4.74 Å². The molecule has 70 valence electrons. The minimum absolute atomic E-state index is 0.353. The summed E-state index contributed by atoms with van der Waals surface area (Å²) in [5.41, 5.74) is 1.29. The zero-order valence-electron chi connectivity index (χ0n) is 7.29. The molecule has 3 heteroatoms. The van der Waals surface area contributed by atoms with Crippen LogP contribution in [0.25, 0.3) is 0 Å². The van der Waals surface area contributed by atoms with Crippen molar-refractivity contribution in [3.8, 4) is 0 Å². The lowest BCUT2D eigenvalue weighted by molar-refractivity contribution is 0.0769. The summed E-state index contributed by atoms with van der Waals surface area (Å²) >= 11 is 3.46. The summed E-state index contributed by atoms with van der Waals surface area (Å²) in [6.45, 7) is 2.54. The van der Waals surface area contributed by atoms with E-state index in [2.05, 4.69) is 39.4 Å². The van der Waals surface area contributed by atoms with E-state index in [1.807, 2.05) is 6.07 Å². The molecule has 1 heterocycles. The van der Waals surface area contributed by atoms with Gasteiger partial charge in [0.1, 0.15) is 0 Å². The molecule has 2 nitrogen and oxygen atoms in total. The summed E-state index contributed by atoms with van der Waals surface area (Å²) in [7, 11) is 0. The molecule has 0 spiro atoms. The van der Waals surface area contributed by atoms with Gasteiger partial charge >= 0.3 is 0 Å². The molecule has 0 aliphatic carbocycles. The molecular formula is C10H12BrNO. The first kappa shape index (κ1) is 9.19. The van der Waals surface area contributed by atoms with Crippen molar-refractivity contribution in [2.24, 2.45) is 0 Å². The lowest BCUT2D eigenvalue weighted by atomic mass is 10.1. The van der Waals surface area contributed by atoms with Gasteiger partial charge in [0.25, 0.3) is 0 Å². The van der Waals surface area contributed by atoms with Crippen LogP contribution in [0.15, 0.2) is 28.7 Å². The molecule has 1 fully saturated rings. The summed E-state index contributed by atoms with van der Waals surface area (Å²) in [5.74, 6) is 0. The second kappa shape index (κ2) is 4.22. The number of morpholine rings is 1. The lowest BCUT2D eigenvalue weighted by Crippen LogP contribution is -2.34. The third kappa shape index (κ3) is 2.30. The summed E-state index contributed by atoms with van der Waals surface area (Å²) in [5, 5.41) is 3.42. The molecular weight excluding hydrogens is 230 g/mol. The van der Waals surface area contributed by atoms with Gasteiger partial charge in [-0.3, -0.25) is 0 Å². The highest BCUT2D eigenvalue weighted by Gasteiger charge is 2.14. The van der Waals surface area contributed by atoms with Gasteiger partial charge in [0.2, 0.25) is 0 Å². The number of hydrogen-bond donors (Lipinski definition) is 1. The third-order valence-electron chi connectivity index (χ3n) is 2.17. The van der Waals surface area contributed by atoms with E-state index in [1.165, 1.54) is 5.56 Å². The topological polar surface area (TPSA) is 21.3 Å². The summed E-state index contributed by atoms with van der Waals surface area (Å²) in [6, 6.07) is 8.69. The van der Waals surface area contributed by atoms with Crippen molar-refractivity contribution < 1.29 is 4.74 Å². The predicted molar refractivity (Wildman–Crippen MR) is 55.7 cm³/mol. The Labute approximate surface area is 86.4 Å². The fraction of sp³-hybridized carbons (Fsp3) is 0.400. The molecule has 13 heavy (non-hydrogen) atoms. The number of benzene rings is 1. The summed E-state index contributed by atoms with van der Waals surface area (Å²) in [6.07, 6.45) is 0. The molecule has 0 aromatic heterocycles. The Morgan fingerprint density at radius 3 is 3.08 bits per heavy atom. The van der Waals surface area contributed by atoms with Gasteiger partial charge in [0, 0.05) is 11.0 Å². The van der Waals surface area contributed by atoms with E-state index < -0.39 is 0 Å². The minimum Gasteiger partial charge on any atom is -0.378 e. The highest BCUT2D eigenvalue weighted by molar-refractivity contribution is 9.10. The second-order valence-corrected chi connectivity index (χ2v) is 4.05. The molecule has 0 bridgehead atoms. The van der Waals surface area contributed by atoms with E-state index in [4.69, 9.17) is 4.74 Å². The molecule has 1 aromatic carbocycles. The fourth-order valence-electron chi connectivity index (χ4n) is 1.50. The number of ether oxygens (including phenoxy) is 1. The van der Waals surface area contributed by atoms with E-state index >= 15 is 0 Å². The Morgan fingerprint density at radius 2 is 2.38 bits per heavy atom. The highest BCUT2D eigenvalue weighted by atomic mass is 79.9. The van der Waals surface area contributed by atoms with Crippen molar-refractivity contribution in [1.82, 2.24) is 5.32 Å². The van der Waals surface area contributed by atoms with E-state index in [9.17, 15) is 0 Å². The van der Waals surface area contributed by atoms with Crippen molar-refractivity contribution in [2.75, 3.05) is 19.8 Å². The zero-order valence-corrected chi connectivity index (χ0v) is 8.88. The van der Waals surface area contributed by atoms with Crippen LogP contribution in [0.1, 0.15) is 11.6 Å². The van der Waals surface area contributed by atoms with Gasteiger partial charge in [0.05, 0.1) is 19.3 Å². The normalized spacial score (nSPS) is 23.0. The summed E-state index contributed by atoms with van der Waals surface area (Å²) < 4.78 is 6.52. The van der Waals surface area contributed by atoms with E-state index in [0.717, 1.165) is 24.2 Å². The monoisotopic (exact) mass is 241 g/mol. The van der Waals surface area contributed by atoms with Crippen LogP contribution in [0.5, 0.6) is 0 Å². The Kier molecular flexibility index (Phi) is 2.98. The van der Waals surface area contributed by atoms with Crippen LogP contribution in [0.2, 0.25) is 0 Å². The Hall–Kier alpha value is -0.380. The molecule has 1 atom stereocenters. The van der Waals surface area contributed by atoms with Crippen molar-refractivity contribution in [3.05, 3.63) is 34.3 Å². The molecule has 1 aliphatic heterocycles. The van der Waals surface area contributed by atoms with E-state index in [0.29, 0.717) is 6.04 Å². The van der Waals surface area contributed by atoms with E-state index in [1.54, 1.807) is 0 Å². The van der Waals surface area contributed by atoms with Crippen LogP contribution in [0.4, 0.5) is 0 Å². The Morgan fingerprint density at radius 1 is 1.46 bits per heavy atom. The standard InChI is InChI=1S/C10H12BrNO/c11-9-3-1-2-8(6-9)10-7-13-5-4-12-10/h1-3,6,10,12H,4-5,7H2/t10-/m0/s1. The average Bonchev–Trinajstić information content (AvgIpc) is 2.19. The van der Waals surface area contributed by atoms with Crippen molar-refractivity contribution >= 4 is 15.9 Å². The number of nitrogens with one attached hydrogen (secondary N) is 1. The molecule has 1 N–H and O–H groups in total. The van der Waals surface area contributed by atoms with Gasteiger partial charge in [-0.1, -0.05) is 28.1 Å². The molecule has 0 amide bonds. The first-order valence-corrected chi connectivity index (χ1v) is 5.22. The van der Waals surface area contributed by atoms with Crippen LogP contribution in [0, 0.1) is 0 Å². The van der Waals surface area contributed by atoms with Gasteiger partial charge in [0.15, 0.2) is 0 Å². The first-order valence-electron chi connectivity index (χ1n) is 4.43. The molecule has 0 radical (unpaired) electrons. The molecule has 1 aliphatic rings. The number of hydrogen-bond acceptors (Lipinski definition) is 2. The Bertz CT molecular complexity index is 284. The predicted octanol–water partition coefficient (Wildman–Crippen LogP) is 2.11. The summed E-state index contributed by atoms with van der Waals surface area (Å²) in [4.78, 5) is 0. The van der Waals surface area contributed by atoms with Crippen LogP contribution in [0.3, 0.4) is 0 Å². The van der Waals surface area contributed by atoms with Gasteiger partial charge < -0.3 is 10.1 Å². The van der Waals surface area contributed by atoms with Gasteiger partial charge in [-0.25, -0.2) is 0 Å². The van der Waals surface area contributed by atoms with Crippen LogP contribution in [-0.4, -0.2) is 19.8 Å². The molecule has 1 saturated heterocycles. The maximum absolute atomic E-state index is 5.40. The van der Waals surface area contributed by atoms with E-state index in [-0.39, 0.29) is 0 Å². The third-order valence-corrected chi connectivity index (χ3v) is 2.67. The lowest BCUT2D eigenvalue weighted by Gasteiger charge is -2.24. The number of rotatable bonds is 1. The molecule has 0 unspecified atom stereocenters. The maximum Gasteiger partial charge on any atom is 0.0662 e. The van der Waals surface area contributed by atoms with Crippen molar-refractivity contribution in [2.45, 2.75) is 6.04 Å². The second-order valence-electron chi connectivity index (χ2n) is 3.14. The maximum atomic E-state index is 5.40. The van der Waals surface area contributed by atoms with Crippen LogP contribution >= 0.6 is 15.9 Å². The largest absolute Gasteiger partial charge is 0.378 e. The van der Waals surface area contributed by atoms with Gasteiger partial charge in [-0.15, -0.1) is 0 Å². The van der Waals surface area contributed by atoms with Crippen LogP contribution < -0.4 is 5.32 Å². The van der Waals surface area contributed by atoms with Crippen molar-refractivity contribution in [1.29, 1.82) is 0 Å². The van der Waals surface area contributed by atoms with Crippen molar-refractivity contribution in [3.63, 3.8) is 0 Å². The SMILES string of the molecule is Brc1cccc([C@@H]2COCCN2)c1. The number of halogens is 1. The smallest absolute Gasteiger partial charge is 0.0662 e. The average molecular weight is 242 g/mol. The molecule has 0 saturated carbocycles. The fourth-order valence-corrected chi connectivity index (χ4v) is 1.92. The zero-order chi connectivity index (χ0) is 9.10. The van der Waals surface area contributed by atoms with Gasteiger partial charge in [-0.05, 0) is 17.7 Å². The molecule has 1 aromatic rings. The van der Waals surface area contributed by atoms with Gasteiger partial charge in [-0.2, -0.15) is 0 Å². The Balaban J connectivity index is 2.14. The quantitative estimate of drug-likeness (QED) is 0.814. The minimum atomic E-state index is 0.353.